The molecule has 2 N–H and O–H groups in total. The molecular weight excluding hydrogens is 405 g/mol. The number of ether oxygens (including phenoxy) is 2. The van der Waals surface area contributed by atoms with Crippen LogP contribution in [0.1, 0.15) is 18.1 Å². The molecule has 0 radical (unpaired) electrons. The van der Waals surface area contributed by atoms with Crippen molar-refractivity contribution in [3.05, 3.63) is 57.6 Å². The SMILES string of the molecule is CCOc1cc(/C=N\NC(=O)C(=O)NC)ccc1OCc1ccc(Cl)cc1Cl. The Morgan fingerprint density at radius 3 is 2.54 bits per heavy atom. The molecule has 0 unspecified atom stereocenters. The fourth-order valence-corrected chi connectivity index (χ4v) is 2.58. The van der Waals surface area contributed by atoms with E-state index in [1.165, 1.54) is 13.3 Å². The molecule has 2 rings (SSSR count). The van der Waals surface area contributed by atoms with Gasteiger partial charge in [-0.15, -0.1) is 0 Å². The second-order valence-corrected chi connectivity index (χ2v) is 6.29. The Morgan fingerprint density at radius 2 is 1.86 bits per heavy atom. The summed E-state index contributed by atoms with van der Waals surface area (Å²) in [5, 5.41) is 7.01. The highest BCUT2D eigenvalue weighted by molar-refractivity contribution is 6.35. The van der Waals surface area contributed by atoms with Gasteiger partial charge in [-0.1, -0.05) is 29.3 Å². The Balaban J connectivity index is 2.09. The molecule has 28 heavy (non-hydrogen) atoms. The summed E-state index contributed by atoms with van der Waals surface area (Å²) in [6.45, 7) is 2.53. The van der Waals surface area contributed by atoms with Crippen molar-refractivity contribution in [3.63, 3.8) is 0 Å². The average molecular weight is 424 g/mol. The van der Waals surface area contributed by atoms with E-state index in [-0.39, 0.29) is 6.61 Å². The van der Waals surface area contributed by atoms with Gasteiger partial charge in [0.15, 0.2) is 11.5 Å². The first-order valence-corrected chi connectivity index (χ1v) is 9.08. The van der Waals surface area contributed by atoms with Crippen LogP contribution in [-0.4, -0.2) is 31.7 Å². The molecule has 7 nitrogen and oxygen atoms in total. The molecule has 2 aromatic rings. The molecule has 0 atom stereocenters. The van der Waals surface area contributed by atoms with Gasteiger partial charge in [0.2, 0.25) is 0 Å². The van der Waals surface area contributed by atoms with Gasteiger partial charge in [-0.25, -0.2) is 5.43 Å². The molecule has 2 aromatic carbocycles. The summed E-state index contributed by atoms with van der Waals surface area (Å²) in [4.78, 5) is 22.5. The minimum atomic E-state index is -0.858. The number of hydrogen-bond donors (Lipinski definition) is 2. The maximum Gasteiger partial charge on any atom is 0.329 e. The first-order chi connectivity index (χ1) is 13.4. The average Bonchev–Trinajstić information content (AvgIpc) is 2.68. The van der Waals surface area contributed by atoms with Crippen LogP contribution in [0.3, 0.4) is 0 Å². The number of likely N-dealkylation sites (N-methyl/N-ethyl adjacent to an activating group) is 1. The minimum absolute atomic E-state index is 0.242. The van der Waals surface area contributed by atoms with E-state index in [1.54, 1.807) is 36.4 Å². The molecule has 0 aromatic heterocycles. The lowest BCUT2D eigenvalue weighted by molar-refractivity contribution is -0.138. The third-order valence-electron chi connectivity index (χ3n) is 3.48. The molecular formula is C19H19Cl2N3O4. The number of nitrogens with one attached hydrogen (secondary N) is 2. The van der Waals surface area contributed by atoms with Crippen LogP contribution in [0, 0.1) is 0 Å². The van der Waals surface area contributed by atoms with Crippen LogP contribution >= 0.6 is 23.2 Å². The van der Waals surface area contributed by atoms with E-state index in [1.807, 2.05) is 6.92 Å². The summed E-state index contributed by atoms with van der Waals surface area (Å²) >= 11 is 12.1. The van der Waals surface area contributed by atoms with Crippen molar-refractivity contribution in [3.8, 4) is 11.5 Å². The molecule has 0 bridgehead atoms. The summed E-state index contributed by atoms with van der Waals surface area (Å²) in [7, 11) is 1.36. The van der Waals surface area contributed by atoms with Gasteiger partial charge in [0.25, 0.3) is 0 Å². The summed E-state index contributed by atoms with van der Waals surface area (Å²) in [5.74, 6) is -0.603. The van der Waals surface area contributed by atoms with E-state index in [0.717, 1.165) is 5.56 Å². The van der Waals surface area contributed by atoms with Crippen LogP contribution in [0.5, 0.6) is 11.5 Å². The molecule has 148 valence electrons. The number of benzene rings is 2. The van der Waals surface area contributed by atoms with Gasteiger partial charge in [-0.3, -0.25) is 9.59 Å². The third kappa shape index (κ3) is 6.14. The molecule has 2 amide bonds. The first-order valence-electron chi connectivity index (χ1n) is 8.33. The smallest absolute Gasteiger partial charge is 0.329 e. The lowest BCUT2D eigenvalue weighted by Crippen LogP contribution is -2.35. The topological polar surface area (TPSA) is 89.0 Å². The zero-order chi connectivity index (χ0) is 20.5. The van der Waals surface area contributed by atoms with Gasteiger partial charge < -0.3 is 14.8 Å². The Morgan fingerprint density at radius 1 is 1.07 bits per heavy atom. The highest BCUT2D eigenvalue weighted by Crippen LogP contribution is 2.30. The maximum absolute atomic E-state index is 11.4. The van der Waals surface area contributed by atoms with Crippen LogP contribution in [-0.2, 0) is 16.2 Å². The second kappa shape index (κ2) is 10.5. The molecule has 0 saturated carbocycles. The number of carbonyl (C=O) groups is 2. The predicted octanol–water partition coefficient (Wildman–Crippen LogP) is 3.17. The molecule has 0 fully saturated rings. The standard InChI is InChI=1S/C19H19Cl2N3O4/c1-3-27-17-8-12(10-23-24-19(26)18(25)22-2)4-7-16(17)28-11-13-5-6-14(20)9-15(13)21/h4-10H,3,11H2,1-2H3,(H,22,25)(H,24,26)/b23-10-. The van der Waals surface area contributed by atoms with Gasteiger partial charge >= 0.3 is 11.8 Å². The Bertz CT molecular complexity index is 887. The lowest BCUT2D eigenvalue weighted by atomic mass is 10.2. The number of amides is 2. The van der Waals surface area contributed by atoms with Crippen LogP contribution in [0.25, 0.3) is 0 Å². The zero-order valence-electron chi connectivity index (χ0n) is 15.3. The number of halogens is 2. The van der Waals surface area contributed by atoms with Crippen molar-refractivity contribution in [1.29, 1.82) is 0 Å². The molecule has 0 heterocycles. The van der Waals surface area contributed by atoms with Gasteiger partial charge in [0, 0.05) is 22.7 Å². The number of rotatable bonds is 7. The van der Waals surface area contributed by atoms with E-state index in [0.29, 0.717) is 33.7 Å². The normalized spacial score (nSPS) is 10.6. The quantitative estimate of drug-likeness (QED) is 0.406. The second-order valence-electron chi connectivity index (χ2n) is 5.44. The van der Waals surface area contributed by atoms with Gasteiger partial charge in [0.1, 0.15) is 6.61 Å². The van der Waals surface area contributed by atoms with E-state index >= 15 is 0 Å². The Kier molecular flexibility index (Phi) is 8.10. The van der Waals surface area contributed by atoms with Crippen molar-refractivity contribution in [2.24, 2.45) is 5.10 Å². The largest absolute Gasteiger partial charge is 0.490 e. The van der Waals surface area contributed by atoms with E-state index in [9.17, 15) is 9.59 Å². The fourth-order valence-electron chi connectivity index (χ4n) is 2.12. The maximum atomic E-state index is 11.4. The van der Waals surface area contributed by atoms with Gasteiger partial charge in [0.05, 0.1) is 12.8 Å². The highest BCUT2D eigenvalue weighted by atomic mass is 35.5. The van der Waals surface area contributed by atoms with E-state index in [2.05, 4.69) is 15.8 Å². The number of hydrogen-bond acceptors (Lipinski definition) is 5. The zero-order valence-corrected chi connectivity index (χ0v) is 16.8. The van der Waals surface area contributed by atoms with Crippen LogP contribution in [0.2, 0.25) is 10.0 Å². The van der Waals surface area contributed by atoms with E-state index in [4.69, 9.17) is 32.7 Å². The number of hydrazone groups is 1. The van der Waals surface area contributed by atoms with Gasteiger partial charge in [-0.05, 0) is 42.8 Å². The van der Waals surface area contributed by atoms with Crippen LogP contribution < -0.4 is 20.2 Å². The van der Waals surface area contributed by atoms with Crippen LogP contribution in [0.4, 0.5) is 0 Å². The third-order valence-corrected chi connectivity index (χ3v) is 4.07. The number of carbonyl (C=O) groups excluding carboxylic acids is 2. The van der Waals surface area contributed by atoms with Crippen molar-refractivity contribution in [1.82, 2.24) is 10.7 Å². The molecule has 9 heteroatoms. The molecule has 0 spiro atoms. The minimum Gasteiger partial charge on any atom is -0.490 e. The Hall–Kier alpha value is -2.77. The highest BCUT2D eigenvalue weighted by Gasteiger charge is 2.10. The molecule has 0 aliphatic heterocycles. The summed E-state index contributed by atoms with van der Waals surface area (Å²) in [5.41, 5.74) is 3.56. The van der Waals surface area contributed by atoms with Crippen molar-refractivity contribution >= 4 is 41.2 Å². The van der Waals surface area contributed by atoms with Crippen molar-refractivity contribution < 1.29 is 19.1 Å². The van der Waals surface area contributed by atoms with Crippen molar-refractivity contribution in [2.75, 3.05) is 13.7 Å². The van der Waals surface area contributed by atoms with E-state index < -0.39 is 11.8 Å². The fraction of sp³-hybridized carbons (Fsp3) is 0.211. The van der Waals surface area contributed by atoms with Crippen molar-refractivity contribution in [2.45, 2.75) is 13.5 Å². The Labute approximate surface area is 172 Å². The van der Waals surface area contributed by atoms with Crippen LogP contribution in [0.15, 0.2) is 41.5 Å². The van der Waals surface area contributed by atoms with Gasteiger partial charge in [-0.2, -0.15) is 5.10 Å². The summed E-state index contributed by atoms with van der Waals surface area (Å²) in [6.07, 6.45) is 1.39. The number of nitrogens with zero attached hydrogens (tertiary/aromatic N) is 1. The summed E-state index contributed by atoms with van der Waals surface area (Å²) in [6, 6.07) is 10.3. The molecule has 0 aliphatic carbocycles. The monoisotopic (exact) mass is 423 g/mol. The predicted molar refractivity (Wildman–Crippen MR) is 108 cm³/mol. The molecule has 0 saturated heterocycles. The molecule has 0 aliphatic rings. The first kappa shape index (κ1) is 21.5. The lowest BCUT2D eigenvalue weighted by Gasteiger charge is -2.13. The summed E-state index contributed by atoms with van der Waals surface area (Å²) < 4.78 is 11.4.